The lowest BCUT2D eigenvalue weighted by Crippen LogP contribution is -2.31. The summed E-state index contributed by atoms with van der Waals surface area (Å²) in [6, 6.07) is 8.54. The van der Waals surface area contributed by atoms with E-state index in [0.29, 0.717) is 30.3 Å². The second kappa shape index (κ2) is 7.92. The number of furan rings is 2. The average molecular weight is 417 g/mol. The van der Waals surface area contributed by atoms with Gasteiger partial charge in [0.1, 0.15) is 22.1 Å². The van der Waals surface area contributed by atoms with Gasteiger partial charge in [-0.2, -0.15) is 4.31 Å². The van der Waals surface area contributed by atoms with E-state index in [1.54, 1.807) is 53.3 Å². The highest BCUT2D eigenvalue weighted by Crippen LogP contribution is 2.24. The van der Waals surface area contributed by atoms with Crippen molar-refractivity contribution >= 4 is 15.9 Å². The number of aryl methyl sites for hydroxylation is 1. The Morgan fingerprint density at radius 1 is 1.07 bits per heavy atom. The third-order valence-electron chi connectivity index (χ3n) is 5.04. The molecule has 8 nitrogen and oxygen atoms in total. The molecule has 1 aliphatic heterocycles. The van der Waals surface area contributed by atoms with Crippen LogP contribution in [0.25, 0.3) is 0 Å². The third-order valence-corrected chi connectivity index (χ3v) is 6.91. The fraction of sp³-hybridized carbons (Fsp3) is 0.350. The van der Waals surface area contributed by atoms with Crippen LogP contribution >= 0.6 is 0 Å². The maximum absolute atomic E-state index is 13.3. The van der Waals surface area contributed by atoms with E-state index in [-0.39, 0.29) is 23.9 Å². The minimum atomic E-state index is -3.59. The third kappa shape index (κ3) is 4.01. The highest BCUT2D eigenvalue weighted by Gasteiger charge is 2.30. The number of hydrogen-bond acceptors (Lipinski definition) is 5. The van der Waals surface area contributed by atoms with Crippen LogP contribution in [-0.4, -0.2) is 41.2 Å². The molecule has 0 N–H and O–H groups in total. The zero-order valence-corrected chi connectivity index (χ0v) is 17.0. The molecule has 1 fully saturated rings. The number of sulfonamides is 1. The second-order valence-electron chi connectivity index (χ2n) is 7.10. The van der Waals surface area contributed by atoms with Gasteiger partial charge in [0, 0.05) is 26.3 Å². The standard InChI is InChI=1S/C20H23N3O5S/c1-21-15-18(29(25,26)23-8-2-3-9-23)12-19(21)20(24)22(13-16-6-4-10-27-16)14-17-7-5-11-28-17/h4-7,10-12,15H,2-3,8-9,13-14H2,1H3. The van der Waals surface area contributed by atoms with Crippen molar-refractivity contribution in [3.05, 3.63) is 66.3 Å². The maximum Gasteiger partial charge on any atom is 0.271 e. The van der Waals surface area contributed by atoms with Crippen molar-refractivity contribution in [2.75, 3.05) is 13.1 Å². The Labute approximate surface area is 169 Å². The van der Waals surface area contributed by atoms with Crippen molar-refractivity contribution in [1.82, 2.24) is 13.8 Å². The highest BCUT2D eigenvalue weighted by atomic mass is 32.2. The van der Waals surface area contributed by atoms with Crippen LogP contribution in [0.5, 0.6) is 0 Å². The zero-order valence-electron chi connectivity index (χ0n) is 16.2. The van der Waals surface area contributed by atoms with Gasteiger partial charge in [0.25, 0.3) is 5.91 Å². The van der Waals surface area contributed by atoms with Gasteiger partial charge in [0.2, 0.25) is 10.0 Å². The van der Waals surface area contributed by atoms with E-state index in [9.17, 15) is 13.2 Å². The van der Waals surface area contributed by atoms with E-state index < -0.39 is 10.0 Å². The van der Waals surface area contributed by atoms with Crippen LogP contribution in [-0.2, 0) is 30.2 Å². The smallest absolute Gasteiger partial charge is 0.271 e. The Balaban J connectivity index is 1.62. The monoisotopic (exact) mass is 417 g/mol. The van der Waals surface area contributed by atoms with Crippen molar-refractivity contribution in [3.8, 4) is 0 Å². The van der Waals surface area contributed by atoms with Crippen molar-refractivity contribution in [1.29, 1.82) is 0 Å². The summed E-state index contributed by atoms with van der Waals surface area (Å²) < 4.78 is 39.5. The zero-order chi connectivity index (χ0) is 20.4. The summed E-state index contributed by atoms with van der Waals surface area (Å²) in [5.74, 6) is 0.955. The van der Waals surface area contributed by atoms with Gasteiger partial charge >= 0.3 is 0 Å². The molecule has 1 aliphatic rings. The Kier molecular flexibility index (Phi) is 5.33. The van der Waals surface area contributed by atoms with Gasteiger partial charge < -0.3 is 18.3 Å². The van der Waals surface area contributed by atoms with Crippen molar-refractivity contribution < 1.29 is 22.0 Å². The minimum Gasteiger partial charge on any atom is -0.467 e. The Morgan fingerprint density at radius 3 is 2.17 bits per heavy atom. The Hall–Kier alpha value is -2.78. The second-order valence-corrected chi connectivity index (χ2v) is 9.04. The van der Waals surface area contributed by atoms with Gasteiger partial charge in [-0.05, 0) is 43.2 Å². The van der Waals surface area contributed by atoms with Crippen LogP contribution in [0.15, 0.2) is 62.8 Å². The molecule has 9 heteroatoms. The molecule has 1 amide bonds. The largest absolute Gasteiger partial charge is 0.467 e. The van der Waals surface area contributed by atoms with Crippen LogP contribution in [0.4, 0.5) is 0 Å². The lowest BCUT2D eigenvalue weighted by atomic mass is 10.3. The first-order chi connectivity index (χ1) is 13.9. The predicted octanol–water partition coefficient (Wildman–Crippen LogP) is 2.84. The summed E-state index contributed by atoms with van der Waals surface area (Å²) in [7, 11) is -1.92. The molecule has 0 saturated carbocycles. The van der Waals surface area contributed by atoms with E-state index in [1.165, 1.54) is 16.6 Å². The maximum atomic E-state index is 13.3. The van der Waals surface area contributed by atoms with Gasteiger partial charge in [0.05, 0.1) is 25.6 Å². The summed E-state index contributed by atoms with van der Waals surface area (Å²) in [5, 5.41) is 0. The van der Waals surface area contributed by atoms with E-state index >= 15 is 0 Å². The summed E-state index contributed by atoms with van der Waals surface area (Å²) >= 11 is 0. The van der Waals surface area contributed by atoms with E-state index in [4.69, 9.17) is 8.83 Å². The fourth-order valence-electron chi connectivity index (χ4n) is 3.51. The number of rotatable bonds is 7. The molecule has 1 saturated heterocycles. The van der Waals surface area contributed by atoms with Gasteiger partial charge in [0.15, 0.2) is 0 Å². The molecule has 4 heterocycles. The number of nitrogens with zero attached hydrogens (tertiary/aromatic N) is 3. The minimum absolute atomic E-state index is 0.140. The van der Waals surface area contributed by atoms with Crippen LogP contribution in [0.3, 0.4) is 0 Å². The summed E-state index contributed by atoms with van der Waals surface area (Å²) in [4.78, 5) is 15.0. The molecular formula is C20H23N3O5S. The fourth-order valence-corrected chi connectivity index (χ4v) is 5.10. The predicted molar refractivity (Wildman–Crippen MR) is 104 cm³/mol. The molecule has 0 aliphatic carbocycles. The summed E-state index contributed by atoms with van der Waals surface area (Å²) in [6.07, 6.45) is 6.32. The van der Waals surface area contributed by atoms with Gasteiger partial charge in [-0.1, -0.05) is 0 Å². The number of hydrogen-bond donors (Lipinski definition) is 0. The number of aromatic nitrogens is 1. The van der Waals surface area contributed by atoms with Crippen molar-refractivity contribution in [2.45, 2.75) is 30.8 Å². The molecule has 3 aromatic rings. The molecule has 4 rings (SSSR count). The molecular weight excluding hydrogens is 394 g/mol. The first-order valence-corrected chi connectivity index (χ1v) is 10.9. The van der Waals surface area contributed by atoms with Gasteiger partial charge in [-0.15, -0.1) is 0 Å². The topological polar surface area (TPSA) is 88.9 Å². The van der Waals surface area contributed by atoms with Crippen molar-refractivity contribution in [2.24, 2.45) is 7.05 Å². The number of amides is 1. The first-order valence-electron chi connectivity index (χ1n) is 9.46. The van der Waals surface area contributed by atoms with Crippen LogP contribution in [0.1, 0.15) is 34.9 Å². The van der Waals surface area contributed by atoms with Gasteiger partial charge in [-0.3, -0.25) is 4.79 Å². The highest BCUT2D eigenvalue weighted by molar-refractivity contribution is 7.89. The van der Waals surface area contributed by atoms with Crippen LogP contribution < -0.4 is 0 Å². The molecule has 0 radical (unpaired) electrons. The lowest BCUT2D eigenvalue weighted by Gasteiger charge is -2.21. The average Bonchev–Trinajstić information content (AvgIpc) is 3.47. The van der Waals surface area contributed by atoms with Crippen LogP contribution in [0.2, 0.25) is 0 Å². The number of carbonyl (C=O) groups excluding carboxylic acids is 1. The van der Waals surface area contributed by atoms with Gasteiger partial charge in [-0.25, -0.2) is 8.42 Å². The van der Waals surface area contributed by atoms with Crippen molar-refractivity contribution in [3.63, 3.8) is 0 Å². The molecule has 0 aromatic carbocycles. The van der Waals surface area contributed by atoms with E-state index in [0.717, 1.165) is 12.8 Å². The molecule has 3 aromatic heterocycles. The quantitative estimate of drug-likeness (QED) is 0.590. The first kappa shape index (κ1) is 19.5. The number of carbonyl (C=O) groups is 1. The summed E-state index contributed by atoms with van der Waals surface area (Å²) in [5.41, 5.74) is 0.292. The Morgan fingerprint density at radius 2 is 1.66 bits per heavy atom. The van der Waals surface area contributed by atoms with E-state index in [1.807, 2.05) is 0 Å². The summed E-state index contributed by atoms with van der Waals surface area (Å²) in [6.45, 7) is 1.52. The molecule has 29 heavy (non-hydrogen) atoms. The molecule has 0 bridgehead atoms. The van der Waals surface area contributed by atoms with Crippen LogP contribution in [0, 0.1) is 0 Å². The molecule has 0 spiro atoms. The normalized spacial score (nSPS) is 15.1. The Bertz CT molecular complexity index is 1030. The molecule has 0 atom stereocenters. The molecule has 154 valence electrons. The SMILES string of the molecule is Cn1cc(S(=O)(=O)N2CCCC2)cc1C(=O)N(Cc1ccco1)Cc1ccco1. The van der Waals surface area contributed by atoms with E-state index in [2.05, 4.69) is 0 Å². The lowest BCUT2D eigenvalue weighted by molar-refractivity contribution is 0.0695. The molecule has 0 unspecified atom stereocenters.